The molecule has 0 aliphatic carbocycles. The van der Waals surface area contributed by atoms with Crippen LogP contribution in [0.15, 0.2) is 12.7 Å². The van der Waals surface area contributed by atoms with E-state index in [1.54, 1.807) is 13.8 Å². The molecule has 0 aliphatic heterocycles. The molecule has 6 heteroatoms. The molecule has 0 aliphatic rings. The molecule has 6 nitrogen and oxygen atoms in total. The summed E-state index contributed by atoms with van der Waals surface area (Å²) in [4.78, 5) is 33.8. The normalized spacial score (nSPS) is 13.1. The van der Waals surface area contributed by atoms with Gasteiger partial charge in [-0.15, -0.1) is 6.58 Å². The van der Waals surface area contributed by atoms with Crippen molar-refractivity contribution < 1.29 is 29.7 Å². The van der Waals surface area contributed by atoms with Gasteiger partial charge in [0.25, 0.3) is 0 Å². The molecule has 0 aromatic rings. The maximum atomic E-state index is 11.3. The zero-order valence-electron chi connectivity index (χ0n) is 10.4. The Morgan fingerprint density at radius 1 is 1.17 bits per heavy atom. The van der Waals surface area contributed by atoms with Gasteiger partial charge in [0.15, 0.2) is 5.41 Å². The minimum Gasteiger partial charge on any atom is -0.481 e. The fourth-order valence-electron chi connectivity index (χ4n) is 1.92. The molecule has 0 amide bonds. The van der Waals surface area contributed by atoms with Gasteiger partial charge in [0.05, 0.1) is 5.92 Å². The van der Waals surface area contributed by atoms with Crippen LogP contribution in [0.3, 0.4) is 0 Å². The van der Waals surface area contributed by atoms with Crippen molar-refractivity contribution in [2.24, 2.45) is 17.3 Å². The first-order valence-electron chi connectivity index (χ1n) is 5.50. The highest BCUT2D eigenvalue weighted by molar-refractivity contribution is 6.02. The number of carboxylic acids is 3. The molecule has 3 N–H and O–H groups in total. The van der Waals surface area contributed by atoms with Gasteiger partial charge >= 0.3 is 17.9 Å². The van der Waals surface area contributed by atoms with E-state index in [1.807, 2.05) is 0 Å². The van der Waals surface area contributed by atoms with Crippen molar-refractivity contribution in [2.75, 3.05) is 0 Å². The first kappa shape index (κ1) is 16.1. The molecule has 0 unspecified atom stereocenters. The Hall–Kier alpha value is -1.85. The number of hydrogen-bond acceptors (Lipinski definition) is 3. The van der Waals surface area contributed by atoms with Crippen LogP contribution in [0.2, 0.25) is 0 Å². The molecular formula is C12H18O6. The lowest BCUT2D eigenvalue weighted by atomic mass is 9.69. The minimum absolute atomic E-state index is 0.0260. The zero-order chi connectivity index (χ0) is 14.5. The smallest absolute Gasteiger partial charge is 0.322 e. The third-order valence-electron chi connectivity index (χ3n) is 2.83. The van der Waals surface area contributed by atoms with Gasteiger partial charge < -0.3 is 15.3 Å². The standard InChI is InChI=1S/C12H18O6/c1-4-5-12(10(15)16,11(17)18)8(9(13)14)6-7(2)3/h4,7-8H,1,5-6H2,2-3H3,(H,13,14)(H,15,16)(H,17,18)/t8-/m0/s1. The summed E-state index contributed by atoms with van der Waals surface area (Å²) in [7, 11) is 0. The van der Waals surface area contributed by atoms with Gasteiger partial charge in [-0.05, 0) is 18.8 Å². The van der Waals surface area contributed by atoms with E-state index in [1.165, 1.54) is 0 Å². The number of aliphatic carboxylic acids is 3. The Morgan fingerprint density at radius 3 is 1.83 bits per heavy atom. The summed E-state index contributed by atoms with van der Waals surface area (Å²) in [6.07, 6.45) is 0.668. The summed E-state index contributed by atoms with van der Waals surface area (Å²) in [5.74, 6) is -6.35. The van der Waals surface area contributed by atoms with Crippen LogP contribution < -0.4 is 0 Å². The summed E-state index contributed by atoms with van der Waals surface area (Å²) >= 11 is 0. The van der Waals surface area contributed by atoms with Gasteiger partial charge in [-0.2, -0.15) is 0 Å². The zero-order valence-corrected chi connectivity index (χ0v) is 10.4. The van der Waals surface area contributed by atoms with Crippen LogP contribution in [0.25, 0.3) is 0 Å². The molecular weight excluding hydrogens is 240 g/mol. The summed E-state index contributed by atoms with van der Waals surface area (Å²) in [6, 6.07) is 0. The fraction of sp³-hybridized carbons (Fsp3) is 0.583. The monoisotopic (exact) mass is 258 g/mol. The predicted octanol–water partition coefficient (Wildman–Crippen LogP) is 1.47. The Kier molecular flexibility index (Phi) is 5.55. The summed E-state index contributed by atoms with van der Waals surface area (Å²) in [5, 5.41) is 27.5. The molecule has 0 saturated carbocycles. The predicted molar refractivity (Wildman–Crippen MR) is 63.1 cm³/mol. The maximum absolute atomic E-state index is 11.3. The summed E-state index contributed by atoms with van der Waals surface area (Å²) in [5.41, 5.74) is -2.36. The molecule has 0 heterocycles. The lowest BCUT2D eigenvalue weighted by molar-refractivity contribution is -0.176. The molecule has 0 spiro atoms. The highest BCUT2D eigenvalue weighted by Crippen LogP contribution is 2.37. The van der Waals surface area contributed by atoms with E-state index in [-0.39, 0.29) is 12.3 Å². The third-order valence-corrected chi connectivity index (χ3v) is 2.83. The van der Waals surface area contributed by atoms with Gasteiger partial charge in [0.1, 0.15) is 0 Å². The van der Waals surface area contributed by atoms with Crippen LogP contribution in [0, 0.1) is 17.3 Å². The topological polar surface area (TPSA) is 112 Å². The molecule has 18 heavy (non-hydrogen) atoms. The van der Waals surface area contributed by atoms with E-state index in [2.05, 4.69) is 6.58 Å². The molecule has 0 bridgehead atoms. The van der Waals surface area contributed by atoms with Gasteiger partial charge in [-0.3, -0.25) is 14.4 Å². The van der Waals surface area contributed by atoms with E-state index in [0.717, 1.165) is 6.08 Å². The second-order valence-corrected chi connectivity index (χ2v) is 4.59. The van der Waals surface area contributed by atoms with Crippen molar-refractivity contribution in [1.29, 1.82) is 0 Å². The molecule has 102 valence electrons. The van der Waals surface area contributed by atoms with E-state index in [9.17, 15) is 14.4 Å². The minimum atomic E-state index is -2.36. The quantitative estimate of drug-likeness (QED) is 0.449. The SMILES string of the molecule is C=CCC(C(=O)O)(C(=O)O)[C@@H](CC(C)C)C(=O)O. The third kappa shape index (κ3) is 3.09. The summed E-state index contributed by atoms with van der Waals surface area (Å²) < 4.78 is 0. The van der Waals surface area contributed by atoms with Crippen LogP contribution >= 0.6 is 0 Å². The lowest BCUT2D eigenvalue weighted by Crippen LogP contribution is -2.49. The molecule has 0 rings (SSSR count). The maximum Gasteiger partial charge on any atom is 0.322 e. The molecule has 0 aromatic heterocycles. The van der Waals surface area contributed by atoms with Crippen LogP contribution in [0.1, 0.15) is 26.7 Å². The highest BCUT2D eigenvalue weighted by Gasteiger charge is 2.55. The second kappa shape index (κ2) is 6.18. The van der Waals surface area contributed by atoms with Crippen molar-refractivity contribution in [3.05, 3.63) is 12.7 Å². The highest BCUT2D eigenvalue weighted by atomic mass is 16.4. The van der Waals surface area contributed by atoms with Crippen molar-refractivity contribution in [2.45, 2.75) is 26.7 Å². The molecule has 0 saturated heterocycles. The lowest BCUT2D eigenvalue weighted by Gasteiger charge is -2.30. The van der Waals surface area contributed by atoms with Crippen molar-refractivity contribution in [3.8, 4) is 0 Å². The number of rotatable bonds is 8. The molecule has 0 fully saturated rings. The van der Waals surface area contributed by atoms with Gasteiger partial charge in [0, 0.05) is 0 Å². The Bertz CT molecular complexity index is 344. The van der Waals surface area contributed by atoms with Crippen molar-refractivity contribution in [3.63, 3.8) is 0 Å². The first-order chi connectivity index (χ1) is 8.20. The van der Waals surface area contributed by atoms with Crippen molar-refractivity contribution in [1.82, 2.24) is 0 Å². The second-order valence-electron chi connectivity index (χ2n) is 4.59. The molecule has 0 aromatic carbocycles. The van der Waals surface area contributed by atoms with Gasteiger partial charge in [0.2, 0.25) is 0 Å². The Balaban J connectivity index is 5.75. The number of carboxylic acid groups (broad SMARTS) is 3. The van der Waals surface area contributed by atoms with Gasteiger partial charge in [-0.25, -0.2) is 0 Å². The first-order valence-corrected chi connectivity index (χ1v) is 5.50. The number of hydrogen-bond donors (Lipinski definition) is 3. The van der Waals surface area contributed by atoms with E-state index in [0.29, 0.717) is 0 Å². The number of allylic oxidation sites excluding steroid dienone is 1. The van der Waals surface area contributed by atoms with Crippen molar-refractivity contribution >= 4 is 17.9 Å². The largest absolute Gasteiger partial charge is 0.481 e. The average molecular weight is 258 g/mol. The van der Waals surface area contributed by atoms with Crippen LogP contribution in [-0.2, 0) is 14.4 Å². The van der Waals surface area contributed by atoms with Crippen LogP contribution in [0.5, 0.6) is 0 Å². The molecule has 0 radical (unpaired) electrons. The van der Waals surface area contributed by atoms with Gasteiger partial charge in [-0.1, -0.05) is 19.9 Å². The Labute approximate surface area is 105 Å². The molecule has 1 atom stereocenters. The van der Waals surface area contributed by atoms with E-state index in [4.69, 9.17) is 15.3 Å². The van der Waals surface area contributed by atoms with Crippen LogP contribution in [-0.4, -0.2) is 33.2 Å². The number of carbonyl (C=O) groups is 3. The van der Waals surface area contributed by atoms with E-state index < -0.39 is 35.7 Å². The summed E-state index contributed by atoms with van der Waals surface area (Å²) in [6.45, 7) is 6.72. The van der Waals surface area contributed by atoms with Crippen LogP contribution in [0.4, 0.5) is 0 Å². The van der Waals surface area contributed by atoms with E-state index >= 15 is 0 Å². The Morgan fingerprint density at radius 2 is 1.61 bits per heavy atom. The average Bonchev–Trinajstić information content (AvgIpc) is 2.21. The fourth-order valence-corrected chi connectivity index (χ4v) is 1.92.